The van der Waals surface area contributed by atoms with Gasteiger partial charge in [0.2, 0.25) is 0 Å². The van der Waals surface area contributed by atoms with E-state index in [-0.39, 0.29) is 30.5 Å². The number of aliphatic hydroxyl groups is 2. The van der Waals surface area contributed by atoms with Crippen LogP contribution in [0.25, 0.3) is 0 Å². The molecule has 5 nitrogen and oxygen atoms in total. The molecule has 24 heavy (non-hydrogen) atoms. The fourth-order valence-electron chi connectivity index (χ4n) is 4.46. The number of rotatable bonds is 6. The average Bonchev–Trinajstić information content (AvgIpc) is 2.90. The third-order valence-corrected chi connectivity index (χ3v) is 6.18. The maximum absolute atomic E-state index is 11.0. The van der Waals surface area contributed by atoms with Crippen LogP contribution in [0.4, 0.5) is 0 Å². The van der Waals surface area contributed by atoms with E-state index in [4.69, 9.17) is 14.2 Å². The normalized spacial score (nSPS) is 43.0. The minimum absolute atomic E-state index is 0.0869. The molecule has 0 amide bonds. The summed E-state index contributed by atoms with van der Waals surface area (Å²) >= 11 is 0. The Morgan fingerprint density at radius 3 is 2.42 bits per heavy atom. The van der Waals surface area contributed by atoms with E-state index in [9.17, 15) is 10.2 Å². The predicted molar refractivity (Wildman–Crippen MR) is 90.5 cm³/mol. The maximum atomic E-state index is 11.0. The summed E-state index contributed by atoms with van der Waals surface area (Å²) in [6.45, 7) is 10.4. The van der Waals surface area contributed by atoms with Crippen molar-refractivity contribution in [1.29, 1.82) is 0 Å². The second-order valence-electron chi connectivity index (χ2n) is 9.00. The first-order valence-corrected chi connectivity index (χ1v) is 9.51. The third kappa shape index (κ3) is 3.65. The minimum Gasteiger partial charge on any atom is -0.393 e. The van der Waals surface area contributed by atoms with Crippen LogP contribution in [0.5, 0.6) is 0 Å². The molecule has 2 aliphatic heterocycles. The monoisotopic (exact) mass is 342 g/mol. The SMILES string of the molecule is CC(C)[C@H](C)CC(O)CC[C@@H]1O[C@@H]2C[C@@]1(O)C[C@H]1OC(C)(C)O[C@@H]21. The van der Waals surface area contributed by atoms with Crippen LogP contribution < -0.4 is 0 Å². The minimum atomic E-state index is -0.848. The molecule has 1 unspecified atom stereocenters. The Bertz CT molecular complexity index is 451. The van der Waals surface area contributed by atoms with Crippen molar-refractivity contribution in [2.75, 3.05) is 0 Å². The molecule has 140 valence electrons. The third-order valence-electron chi connectivity index (χ3n) is 6.18. The van der Waals surface area contributed by atoms with Gasteiger partial charge in [-0.05, 0) is 44.9 Å². The molecule has 5 heteroatoms. The van der Waals surface area contributed by atoms with Crippen LogP contribution in [-0.4, -0.2) is 52.1 Å². The Morgan fingerprint density at radius 1 is 1.08 bits per heavy atom. The predicted octanol–water partition coefficient (Wildman–Crippen LogP) is 2.62. The van der Waals surface area contributed by atoms with Crippen molar-refractivity contribution in [3.63, 3.8) is 0 Å². The van der Waals surface area contributed by atoms with E-state index in [0.717, 1.165) is 6.42 Å². The van der Waals surface area contributed by atoms with Crippen LogP contribution in [0.3, 0.4) is 0 Å². The lowest BCUT2D eigenvalue weighted by atomic mass is 9.78. The Kier molecular flexibility index (Phi) is 5.04. The summed E-state index contributed by atoms with van der Waals surface area (Å²) in [5.74, 6) is 0.469. The van der Waals surface area contributed by atoms with E-state index in [2.05, 4.69) is 20.8 Å². The van der Waals surface area contributed by atoms with Gasteiger partial charge in [-0.3, -0.25) is 0 Å². The summed E-state index contributed by atoms with van der Waals surface area (Å²) in [6, 6.07) is 0. The van der Waals surface area contributed by atoms with Gasteiger partial charge >= 0.3 is 0 Å². The quantitative estimate of drug-likeness (QED) is 0.777. The molecule has 3 aliphatic rings. The summed E-state index contributed by atoms with van der Waals surface area (Å²) in [5.41, 5.74) is -0.848. The Morgan fingerprint density at radius 2 is 1.75 bits per heavy atom. The van der Waals surface area contributed by atoms with Crippen molar-refractivity contribution in [3.8, 4) is 0 Å². The largest absolute Gasteiger partial charge is 0.393 e. The molecule has 1 saturated carbocycles. The molecule has 1 aliphatic carbocycles. The van der Waals surface area contributed by atoms with Crippen molar-refractivity contribution >= 4 is 0 Å². The van der Waals surface area contributed by atoms with Crippen LogP contribution in [0, 0.1) is 11.8 Å². The Labute approximate surface area is 145 Å². The van der Waals surface area contributed by atoms with Gasteiger partial charge < -0.3 is 24.4 Å². The van der Waals surface area contributed by atoms with E-state index in [0.29, 0.717) is 37.5 Å². The first-order valence-electron chi connectivity index (χ1n) is 9.51. The van der Waals surface area contributed by atoms with Crippen molar-refractivity contribution < 1.29 is 24.4 Å². The molecule has 2 heterocycles. The van der Waals surface area contributed by atoms with E-state index in [1.165, 1.54) is 0 Å². The second kappa shape index (κ2) is 6.51. The van der Waals surface area contributed by atoms with Gasteiger partial charge in [-0.1, -0.05) is 20.8 Å². The molecule has 2 saturated heterocycles. The van der Waals surface area contributed by atoms with E-state index in [1.54, 1.807) is 0 Å². The van der Waals surface area contributed by atoms with Crippen molar-refractivity contribution in [1.82, 2.24) is 0 Å². The van der Waals surface area contributed by atoms with Crippen LogP contribution in [0.1, 0.15) is 66.7 Å². The number of hydrogen-bond donors (Lipinski definition) is 2. The number of ether oxygens (including phenoxy) is 3. The first kappa shape index (κ1) is 18.6. The van der Waals surface area contributed by atoms with Crippen molar-refractivity contribution in [2.24, 2.45) is 11.8 Å². The molecular formula is C19H34O5. The van der Waals surface area contributed by atoms with E-state index >= 15 is 0 Å². The second-order valence-corrected chi connectivity index (χ2v) is 9.00. The summed E-state index contributed by atoms with van der Waals surface area (Å²) in [4.78, 5) is 0. The molecule has 0 aromatic heterocycles. The molecule has 3 fully saturated rings. The zero-order valence-electron chi connectivity index (χ0n) is 15.7. The van der Waals surface area contributed by atoms with Gasteiger partial charge in [-0.15, -0.1) is 0 Å². The van der Waals surface area contributed by atoms with Gasteiger partial charge in [0.05, 0.1) is 30.0 Å². The molecule has 0 aromatic carbocycles. The molecule has 2 bridgehead atoms. The molecule has 0 radical (unpaired) electrons. The summed E-state index contributed by atoms with van der Waals surface area (Å²) in [6.07, 6.45) is 2.47. The molecular weight excluding hydrogens is 308 g/mol. The van der Waals surface area contributed by atoms with Crippen molar-refractivity contribution in [3.05, 3.63) is 0 Å². The zero-order valence-corrected chi connectivity index (χ0v) is 15.7. The van der Waals surface area contributed by atoms with Crippen LogP contribution in [0.2, 0.25) is 0 Å². The van der Waals surface area contributed by atoms with Gasteiger partial charge in [-0.2, -0.15) is 0 Å². The van der Waals surface area contributed by atoms with Crippen LogP contribution in [-0.2, 0) is 14.2 Å². The summed E-state index contributed by atoms with van der Waals surface area (Å²) in [7, 11) is 0. The molecule has 2 N–H and O–H groups in total. The number of aliphatic hydroxyl groups excluding tert-OH is 1. The van der Waals surface area contributed by atoms with Crippen molar-refractivity contribution in [2.45, 2.75) is 109 Å². The van der Waals surface area contributed by atoms with Gasteiger partial charge in [0.25, 0.3) is 0 Å². The highest BCUT2D eigenvalue weighted by Gasteiger charge is 2.61. The van der Waals surface area contributed by atoms with E-state index < -0.39 is 11.4 Å². The summed E-state index contributed by atoms with van der Waals surface area (Å²) in [5, 5.41) is 21.3. The van der Waals surface area contributed by atoms with E-state index in [1.807, 2.05) is 13.8 Å². The highest BCUT2D eigenvalue weighted by Crippen LogP contribution is 2.49. The first-order chi connectivity index (χ1) is 11.1. The highest BCUT2D eigenvalue weighted by molar-refractivity contribution is 5.09. The van der Waals surface area contributed by atoms with Crippen LogP contribution >= 0.6 is 0 Å². The lowest BCUT2D eigenvalue weighted by molar-refractivity contribution is -0.165. The molecule has 7 atom stereocenters. The fraction of sp³-hybridized carbons (Fsp3) is 1.00. The zero-order chi connectivity index (χ0) is 17.7. The maximum Gasteiger partial charge on any atom is 0.163 e. The smallest absolute Gasteiger partial charge is 0.163 e. The molecule has 3 rings (SSSR count). The lowest BCUT2D eigenvalue weighted by Gasteiger charge is -2.34. The Balaban J connectivity index is 1.54. The average molecular weight is 342 g/mol. The Hall–Kier alpha value is -0.200. The standard InChI is InChI=1S/C19H34O5/c1-11(2)12(3)8-13(20)6-7-16-19(21)9-14(22-16)17-15(10-19)23-18(4,5)24-17/h11-17,20-21H,6-10H2,1-5H3/t12-,13?,14-,15-,16+,17+,19-/m1/s1. The summed E-state index contributed by atoms with van der Waals surface area (Å²) < 4.78 is 18.0. The molecule has 0 spiro atoms. The van der Waals surface area contributed by atoms with Gasteiger partial charge in [-0.25, -0.2) is 0 Å². The fourth-order valence-corrected chi connectivity index (χ4v) is 4.46. The van der Waals surface area contributed by atoms with Gasteiger partial charge in [0.15, 0.2) is 5.79 Å². The highest BCUT2D eigenvalue weighted by atomic mass is 16.8. The van der Waals surface area contributed by atoms with Gasteiger partial charge in [0, 0.05) is 12.8 Å². The number of hydrogen-bond acceptors (Lipinski definition) is 5. The van der Waals surface area contributed by atoms with Crippen LogP contribution in [0.15, 0.2) is 0 Å². The topological polar surface area (TPSA) is 68.2 Å². The number of fused-ring (bicyclic) bond motifs is 4. The lowest BCUT2D eigenvalue weighted by Crippen LogP contribution is -2.48. The van der Waals surface area contributed by atoms with Gasteiger partial charge in [0.1, 0.15) is 6.10 Å². The molecule has 0 aromatic rings.